The summed E-state index contributed by atoms with van der Waals surface area (Å²) in [5.41, 5.74) is 4.05. The molecule has 0 unspecified atom stereocenters. The first-order valence-electron chi connectivity index (χ1n) is 10.3. The van der Waals surface area contributed by atoms with Crippen LogP contribution in [0.3, 0.4) is 0 Å². The molecular formula is C26H24N2O3. The minimum Gasteiger partial charge on any atom is -0.374 e. The number of ketones is 2. The predicted octanol–water partition coefficient (Wildman–Crippen LogP) is 5.02. The van der Waals surface area contributed by atoms with Crippen LogP contribution in [0.1, 0.15) is 64.1 Å². The Kier molecular flexibility index (Phi) is 5.42. The zero-order valence-electron chi connectivity index (χ0n) is 17.7. The van der Waals surface area contributed by atoms with E-state index in [4.69, 9.17) is 0 Å². The van der Waals surface area contributed by atoms with Gasteiger partial charge in [-0.3, -0.25) is 14.4 Å². The molecule has 0 saturated heterocycles. The molecule has 0 fully saturated rings. The summed E-state index contributed by atoms with van der Waals surface area (Å²) in [6, 6.07) is 19.1. The van der Waals surface area contributed by atoms with Crippen LogP contribution < -0.4 is 10.6 Å². The molecule has 1 amide bonds. The molecule has 0 aromatic heterocycles. The SMILES string of the molecule is CC(C)c1ccc(N[C@H](C)C(=O)Nc2ccc3c(c2)C(=O)c2ccccc2C3=O)cc1. The first kappa shape index (κ1) is 20.5. The molecule has 0 radical (unpaired) electrons. The molecule has 5 nitrogen and oxygen atoms in total. The smallest absolute Gasteiger partial charge is 0.246 e. The van der Waals surface area contributed by atoms with Crippen molar-refractivity contribution in [2.45, 2.75) is 32.7 Å². The minimum absolute atomic E-state index is 0.178. The van der Waals surface area contributed by atoms with Gasteiger partial charge in [0.05, 0.1) is 0 Å². The predicted molar refractivity (Wildman–Crippen MR) is 122 cm³/mol. The van der Waals surface area contributed by atoms with Gasteiger partial charge in [0.2, 0.25) is 5.91 Å². The van der Waals surface area contributed by atoms with Gasteiger partial charge in [0.15, 0.2) is 11.6 Å². The van der Waals surface area contributed by atoms with Crippen molar-refractivity contribution in [3.63, 3.8) is 0 Å². The van der Waals surface area contributed by atoms with Gasteiger partial charge in [-0.25, -0.2) is 0 Å². The molecule has 156 valence electrons. The van der Waals surface area contributed by atoms with E-state index in [-0.39, 0.29) is 17.5 Å². The zero-order chi connectivity index (χ0) is 22.1. The van der Waals surface area contributed by atoms with Crippen LogP contribution in [0.15, 0.2) is 66.7 Å². The van der Waals surface area contributed by atoms with E-state index in [0.717, 1.165) is 5.69 Å². The van der Waals surface area contributed by atoms with Crippen LogP contribution in [-0.2, 0) is 4.79 Å². The number of benzene rings is 3. The van der Waals surface area contributed by atoms with E-state index in [1.807, 2.05) is 24.3 Å². The largest absolute Gasteiger partial charge is 0.374 e. The number of hydrogen-bond acceptors (Lipinski definition) is 4. The van der Waals surface area contributed by atoms with Gasteiger partial charge in [-0.2, -0.15) is 0 Å². The van der Waals surface area contributed by atoms with Gasteiger partial charge in [-0.05, 0) is 48.7 Å². The third-order valence-electron chi connectivity index (χ3n) is 5.55. The van der Waals surface area contributed by atoms with Crippen LogP contribution in [0.5, 0.6) is 0 Å². The van der Waals surface area contributed by atoms with Crippen molar-refractivity contribution in [1.29, 1.82) is 0 Å². The molecule has 2 N–H and O–H groups in total. The van der Waals surface area contributed by atoms with Gasteiger partial charge in [-0.1, -0.05) is 50.2 Å². The van der Waals surface area contributed by atoms with E-state index < -0.39 is 6.04 Å². The lowest BCUT2D eigenvalue weighted by atomic mass is 9.84. The Morgan fingerprint density at radius 1 is 0.710 bits per heavy atom. The molecule has 0 spiro atoms. The van der Waals surface area contributed by atoms with Crippen molar-refractivity contribution >= 4 is 28.8 Å². The normalized spacial score (nSPS) is 13.4. The second-order valence-corrected chi connectivity index (χ2v) is 8.10. The van der Waals surface area contributed by atoms with E-state index in [1.54, 1.807) is 49.4 Å². The Morgan fingerprint density at radius 3 is 1.87 bits per heavy atom. The number of fused-ring (bicyclic) bond motifs is 2. The molecule has 0 aliphatic heterocycles. The summed E-state index contributed by atoms with van der Waals surface area (Å²) >= 11 is 0. The first-order valence-corrected chi connectivity index (χ1v) is 10.3. The van der Waals surface area contributed by atoms with Crippen LogP contribution in [0.2, 0.25) is 0 Å². The summed E-state index contributed by atoms with van der Waals surface area (Å²) in [7, 11) is 0. The molecule has 1 atom stereocenters. The molecule has 3 aromatic carbocycles. The average molecular weight is 412 g/mol. The molecular weight excluding hydrogens is 388 g/mol. The van der Waals surface area contributed by atoms with E-state index in [2.05, 4.69) is 24.5 Å². The minimum atomic E-state index is -0.487. The van der Waals surface area contributed by atoms with Crippen LogP contribution in [0.25, 0.3) is 0 Å². The summed E-state index contributed by atoms with van der Waals surface area (Å²) in [5.74, 6) is -0.177. The summed E-state index contributed by atoms with van der Waals surface area (Å²) in [6.45, 7) is 6.04. The fourth-order valence-electron chi connectivity index (χ4n) is 3.71. The maximum Gasteiger partial charge on any atom is 0.246 e. The van der Waals surface area contributed by atoms with Crippen molar-refractivity contribution in [3.05, 3.63) is 94.5 Å². The van der Waals surface area contributed by atoms with Crippen LogP contribution >= 0.6 is 0 Å². The van der Waals surface area contributed by atoms with Crippen molar-refractivity contribution in [3.8, 4) is 0 Å². The van der Waals surface area contributed by atoms with Gasteiger partial charge < -0.3 is 10.6 Å². The van der Waals surface area contributed by atoms with E-state index >= 15 is 0 Å². The standard InChI is InChI=1S/C26H24N2O3/c1-15(2)17-8-10-18(11-9-17)27-16(3)26(31)28-19-12-13-22-23(14-19)25(30)21-7-5-4-6-20(21)24(22)29/h4-16,27H,1-3H3,(H,28,31)/t16-/m1/s1. The van der Waals surface area contributed by atoms with Crippen molar-refractivity contribution in [2.75, 3.05) is 10.6 Å². The number of carbonyl (C=O) groups excluding carboxylic acids is 3. The Labute approximate surface area is 181 Å². The van der Waals surface area contributed by atoms with Gasteiger partial charge in [0, 0.05) is 33.6 Å². The molecule has 1 aliphatic carbocycles. The van der Waals surface area contributed by atoms with E-state index in [1.165, 1.54) is 5.56 Å². The summed E-state index contributed by atoms with van der Waals surface area (Å²) in [4.78, 5) is 38.3. The van der Waals surface area contributed by atoms with Gasteiger partial charge in [-0.15, -0.1) is 0 Å². The Balaban J connectivity index is 1.49. The Hall–Kier alpha value is -3.73. The third-order valence-corrected chi connectivity index (χ3v) is 5.55. The molecule has 0 saturated carbocycles. The maximum absolute atomic E-state index is 12.9. The van der Waals surface area contributed by atoms with Crippen molar-refractivity contribution < 1.29 is 14.4 Å². The highest BCUT2D eigenvalue weighted by molar-refractivity contribution is 6.28. The topological polar surface area (TPSA) is 75.3 Å². The molecule has 0 bridgehead atoms. The molecule has 4 rings (SSSR count). The highest BCUT2D eigenvalue weighted by Crippen LogP contribution is 2.29. The molecule has 5 heteroatoms. The number of carbonyl (C=O) groups is 3. The van der Waals surface area contributed by atoms with Crippen molar-refractivity contribution in [1.82, 2.24) is 0 Å². The number of anilines is 2. The highest BCUT2D eigenvalue weighted by Gasteiger charge is 2.29. The van der Waals surface area contributed by atoms with Crippen LogP contribution in [0.4, 0.5) is 11.4 Å². The Morgan fingerprint density at radius 2 is 1.26 bits per heavy atom. The average Bonchev–Trinajstić information content (AvgIpc) is 2.77. The number of nitrogens with one attached hydrogen (secondary N) is 2. The molecule has 0 heterocycles. The fourth-order valence-corrected chi connectivity index (χ4v) is 3.71. The molecule has 3 aromatic rings. The summed E-state index contributed by atoms with van der Waals surface area (Å²) in [5, 5.41) is 6.02. The van der Waals surface area contributed by atoms with Crippen molar-refractivity contribution in [2.24, 2.45) is 0 Å². The highest BCUT2D eigenvalue weighted by atomic mass is 16.2. The lowest BCUT2D eigenvalue weighted by Crippen LogP contribution is -2.32. The van der Waals surface area contributed by atoms with Gasteiger partial charge in [0.25, 0.3) is 0 Å². The second kappa shape index (κ2) is 8.19. The fraction of sp³-hybridized carbons (Fsp3) is 0.192. The quantitative estimate of drug-likeness (QED) is 0.482. The van der Waals surface area contributed by atoms with E-state index in [9.17, 15) is 14.4 Å². The number of rotatable bonds is 5. The van der Waals surface area contributed by atoms with Crippen LogP contribution in [-0.4, -0.2) is 23.5 Å². The monoisotopic (exact) mass is 412 g/mol. The summed E-state index contributed by atoms with van der Waals surface area (Å²) in [6.07, 6.45) is 0. The zero-order valence-corrected chi connectivity index (χ0v) is 17.7. The van der Waals surface area contributed by atoms with E-state index in [0.29, 0.717) is 33.9 Å². The van der Waals surface area contributed by atoms with Gasteiger partial charge >= 0.3 is 0 Å². The van der Waals surface area contributed by atoms with Crippen LogP contribution in [0, 0.1) is 0 Å². The first-order chi connectivity index (χ1) is 14.8. The Bertz CT molecular complexity index is 1180. The lowest BCUT2D eigenvalue weighted by Gasteiger charge is -2.19. The third kappa shape index (κ3) is 3.99. The second-order valence-electron chi connectivity index (χ2n) is 8.10. The molecule has 31 heavy (non-hydrogen) atoms. The molecule has 1 aliphatic rings. The summed E-state index contributed by atoms with van der Waals surface area (Å²) < 4.78 is 0. The number of amides is 1. The maximum atomic E-state index is 12.9. The lowest BCUT2D eigenvalue weighted by molar-refractivity contribution is -0.116. The van der Waals surface area contributed by atoms with Gasteiger partial charge in [0.1, 0.15) is 6.04 Å². The number of hydrogen-bond donors (Lipinski definition) is 2.